The highest BCUT2D eigenvalue weighted by molar-refractivity contribution is 7.99. The van der Waals surface area contributed by atoms with Crippen molar-refractivity contribution in [1.82, 2.24) is 5.32 Å². The number of aliphatic hydroxyl groups excluding tert-OH is 1. The summed E-state index contributed by atoms with van der Waals surface area (Å²) in [5, 5.41) is 13.1. The second kappa shape index (κ2) is 13.6. The molecule has 24 heavy (non-hydrogen) atoms. The molecule has 1 unspecified atom stereocenters. The van der Waals surface area contributed by atoms with Crippen molar-refractivity contribution in [2.24, 2.45) is 5.92 Å². The molecule has 0 saturated heterocycles. The van der Waals surface area contributed by atoms with Gasteiger partial charge in [0.2, 0.25) is 0 Å². The van der Waals surface area contributed by atoms with Gasteiger partial charge in [0.05, 0.1) is 25.4 Å². The van der Waals surface area contributed by atoms with Crippen LogP contribution in [0.1, 0.15) is 41.0 Å². The number of esters is 1. The Hall–Kier alpha value is -0.630. The number of hydrogen-bond donors (Lipinski definition) is 2. The summed E-state index contributed by atoms with van der Waals surface area (Å²) in [6.45, 7) is 9.95. The van der Waals surface area contributed by atoms with Gasteiger partial charge in [-0.25, -0.2) is 0 Å². The zero-order valence-electron chi connectivity index (χ0n) is 15.5. The van der Waals surface area contributed by atoms with E-state index >= 15 is 0 Å². The van der Waals surface area contributed by atoms with Crippen molar-refractivity contribution in [3.8, 4) is 0 Å². The Bertz CT molecular complexity index is 363. The third-order valence-corrected chi connectivity index (χ3v) is 4.30. The first-order valence-corrected chi connectivity index (χ1v) is 9.66. The molecule has 0 aliphatic carbocycles. The van der Waals surface area contributed by atoms with Crippen LogP contribution in [0.4, 0.5) is 0 Å². The minimum atomic E-state index is -0.565. The van der Waals surface area contributed by atoms with Gasteiger partial charge in [-0.3, -0.25) is 9.59 Å². The molecule has 7 heteroatoms. The molecule has 0 aliphatic rings. The number of rotatable bonds is 14. The maximum atomic E-state index is 12.2. The third kappa shape index (κ3) is 12.8. The van der Waals surface area contributed by atoms with Gasteiger partial charge in [0.1, 0.15) is 6.61 Å². The molecule has 2 atom stereocenters. The van der Waals surface area contributed by atoms with Crippen molar-refractivity contribution < 1.29 is 24.2 Å². The lowest BCUT2D eigenvalue weighted by Gasteiger charge is -2.22. The molecule has 0 heterocycles. The monoisotopic (exact) mass is 363 g/mol. The number of nitrogens with one attached hydrogen (secondary N) is 1. The first-order chi connectivity index (χ1) is 11.2. The summed E-state index contributed by atoms with van der Waals surface area (Å²) in [6.07, 6.45) is 0.185. The zero-order valence-corrected chi connectivity index (χ0v) is 16.4. The van der Waals surface area contributed by atoms with Gasteiger partial charge in [0.15, 0.2) is 5.78 Å². The summed E-state index contributed by atoms with van der Waals surface area (Å²) in [6, 6.07) is 0.133. The molecule has 0 saturated carbocycles. The van der Waals surface area contributed by atoms with E-state index in [1.54, 1.807) is 11.8 Å². The summed E-state index contributed by atoms with van der Waals surface area (Å²) in [4.78, 5) is 22.7. The van der Waals surface area contributed by atoms with E-state index in [0.717, 1.165) is 12.2 Å². The number of ketones is 1. The van der Waals surface area contributed by atoms with Gasteiger partial charge in [-0.1, -0.05) is 27.7 Å². The van der Waals surface area contributed by atoms with Crippen molar-refractivity contribution in [2.75, 3.05) is 31.3 Å². The fourth-order valence-electron chi connectivity index (χ4n) is 2.04. The second-order valence-corrected chi connectivity index (χ2v) is 7.51. The van der Waals surface area contributed by atoms with Gasteiger partial charge in [0.25, 0.3) is 0 Å². The average Bonchev–Trinajstić information content (AvgIpc) is 2.48. The molecule has 0 aromatic heterocycles. The smallest absolute Gasteiger partial charge is 0.302 e. The maximum absolute atomic E-state index is 12.2. The minimum Gasteiger partial charge on any atom is -0.463 e. The molecule has 0 spiro atoms. The van der Waals surface area contributed by atoms with Gasteiger partial charge in [-0.15, -0.1) is 0 Å². The van der Waals surface area contributed by atoms with E-state index in [0.29, 0.717) is 5.75 Å². The van der Waals surface area contributed by atoms with Crippen LogP contribution in [0.3, 0.4) is 0 Å². The second-order valence-electron chi connectivity index (χ2n) is 6.36. The van der Waals surface area contributed by atoms with Crippen LogP contribution in [0, 0.1) is 5.92 Å². The molecule has 0 aliphatic heterocycles. The van der Waals surface area contributed by atoms with E-state index in [4.69, 9.17) is 9.47 Å². The lowest BCUT2D eigenvalue weighted by Crippen LogP contribution is -2.43. The van der Waals surface area contributed by atoms with E-state index in [1.807, 2.05) is 27.7 Å². The van der Waals surface area contributed by atoms with E-state index in [-0.39, 0.29) is 49.6 Å². The Labute approximate surface area is 150 Å². The van der Waals surface area contributed by atoms with Gasteiger partial charge < -0.3 is 19.9 Å². The molecule has 0 aromatic carbocycles. The highest BCUT2D eigenvalue weighted by atomic mass is 32.2. The Kier molecular flexibility index (Phi) is 13.3. The Morgan fingerprint density at radius 2 is 1.83 bits per heavy atom. The zero-order chi connectivity index (χ0) is 18.5. The maximum Gasteiger partial charge on any atom is 0.302 e. The van der Waals surface area contributed by atoms with Crippen LogP contribution in [-0.4, -0.2) is 66.4 Å². The molecule has 0 rings (SSSR count). The van der Waals surface area contributed by atoms with E-state index < -0.39 is 6.10 Å². The van der Waals surface area contributed by atoms with E-state index in [9.17, 15) is 14.7 Å². The molecule has 6 nitrogen and oxygen atoms in total. The summed E-state index contributed by atoms with van der Waals surface area (Å²) in [5.74, 6) is 1.27. The highest BCUT2D eigenvalue weighted by Crippen LogP contribution is 2.11. The van der Waals surface area contributed by atoms with Crippen LogP contribution in [0.25, 0.3) is 0 Å². The molecule has 0 aromatic rings. The lowest BCUT2D eigenvalue weighted by atomic mass is 9.99. The van der Waals surface area contributed by atoms with Gasteiger partial charge >= 0.3 is 5.97 Å². The van der Waals surface area contributed by atoms with Crippen LogP contribution in [0.5, 0.6) is 0 Å². The largest absolute Gasteiger partial charge is 0.463 e. The minimum absolute atomic E-state index is 0.0162. The van der Waals surface area contributed by atoms with E-state index in [1.165, 1.54) is 6.92 Å². The van der Waals surface area contributed by atoms with Crippen LogP contribution in [0.2, 0.25) is 0 Å². The fourth-order valence-corrected chi connectivity index (χ4v) is 2.98. The number of hydrogen-bond acceptors (Lipinski definition) is 7. The molecule has 0 amide bonds. The third-order valence-electron chi connectivity index (χ3n) is 3.15. The summed E-state index contributed by atoms with van der Waals surface area (Å²) in [5.41, 5.74) is 0. The Balaban J connectivity index is 3.86. The van der Waals surface area contributed by atoms with Crippen molar-refractivity contribution in [3.05, 3.63) is 0 Å². The molecular formula is C17H33NO5S. The van der Waals surface area contributed by atoms with Crippen molar-refractivity contribution in [2.45, 2.75) is 59.2 Å². The van der Waals surface area contributed by atoms with Crippen molar-refractivity contribution >= 4 is 23.5 Å². The number of carbonyl (C=O) groups is 2. The molecule has 0 bridgehead atoms. The fraction of sp³-hybridized carbons (Fsp3) is 0.882. The van der Waals surface area contributed by atoms with Gasteiger partial charge in [0, 0.05) is 24.6 Å². The number of ether oxygens (including phenoxy) is 2. The van der Waals surface area contributed by atoms with Crippen molar-refractivity contribution in [1.29, 1.82) is 0 Å². The first kappa shape index (κ1) is 23.4. The average molecular weight is 364 g/mol. The summed E-state index contributed by atoms with van der Waals surface area (Å²) in [7, 11) is 0. The SMILES string of the molecule is CC(=O)OCCOCC(O)CSCC[C@H](NC(C)C)C(=O)C(C)C. The van der Waals surface area contributed by atoms with Gasteiger partial charge in [-0.05, 0) is 12.2 Å². The van der Waals surface area contributed by atoms with Crippen LogP contribution in [0.15, 0.2) is 0 Å². The lowest BCUT2D eigenvalue weighted by molar-refractivity contribution is -0.142. The number of thioether (sulfide) groups is 1. The van der Waals surface area contributed by atoms with Crippen molar-refractivity contribution in [3.63, 3.8) is 0 Å². The molecule has 142 valence electrons. The number of Topliss-reactive ketones (excluding diaryl/α,β-unsaturated/α-hetero) is 1. The molecular weight excluding hydrogens is 330 g/mol. The van der Waals surface area contributed by atoms with Crippen LogP contribution >= 0.6 is 11.8 Å². The van der Waals surface area contributed by atoms with Crippen LogP contribution in [-0.2, 0) is 19.1 Å². The van der Waals surface area contributed by atoms with Gasteiger partial charge in [-0.2, -0.15) is 11.8 Å². The molecule has 0 fully saturated rings. The van der Waals surface area contributed by atoms with Crippen LogP contribution < -0.4 is 5.32 Å². The van der Waals surface area contributed by atoms with E-state index in [2.05, 4.69) is 5.32 Å². The molecule has 2 N–H and O–H groups in total. The predicted octanol–water partition coefficient (Wildman–Crippen LogP) is 1.64. The standard InChI is InChI=1S/C17H33NO5S/c1-12(2)17(21)16(18-13(3)4)6-9-24-11-15(20)10-22-7-8-23-14(5)19/h12-13,15-16,18,20H,6-11H2,1-5H3/t15?,16-/m0/s1. The Morgan fingerprint density at radius 3 is 2.38 bits per heavy atom. The summed E-state index contributed by atoms with van der Waals surface area (Å²) < 4.78 is 9.97. The quantitative estimate of drug-likeness (QED) is 0.358. The topological polar surface area (TPSA) is 84.9 Å². The highest BCUT2D eigenvalue weighted by Gasteiger charge is 2.21. The predicted molar refractivity (Wildman–Crippen MR) is 97.3 cm³/mol. The summed E-state index contributed by atoms with van der Waals surface area (Å²) >= 11 is 1.61. The first-order valence-electron chi connectivity index (χ1n) is 8.50. The molecule has 0 radical (unpaired) electrons. The number of carbonyl (C=O) groups excluding carboxylic acids is 2. The normalized spacial score (nSPS) is 14.0. The number of aliphatic hydroxyl groups is 1. The Morgan fingerprint density at radius 1 is 1.17 bits per heavy atom.